The number of rotatable bonds is 23. The van der Waals surface area contributed by atoms with Crippen LogP contribution in [0.25, 0.3) is 0 Å². The Balaban J connectivity index is 2.70. The zero-order valence-electron chi connectivity index (χ0n) is 22.1. The maximum atomic E-state index is 7.02. The van der Waals surface area contributed by atoms with Gasteiger partial charge in [0.15, 0.2) is 0 Å². The lowest BCUT2D eigenvalue weighted by atomic mass is 10.1. The summed E-state index contributed by atoms with van der Waals surface area (Å²) in [4.78, 5) is 0. The monoisotopic (exact) mass is 460 g/mol. The number of hydrogen-bond acceptors (Lipinski definition) is 1. The molecule has 0 aliphatic carbocycles. The predicted octanol–water partition coefficient (Wildman–Crippen LogP) is 11.1. The van der Waals surface area contributed by atoms with Crippen molar-refractivity contribution in [3.8, 4) is 5.75 Å². The molecule has 32 heavy (non-hydrogen) atoms. The van der Waals surface area contributed by atoms with Crippen molar-refractivity contribution in [1.29, 1.82) is 0 Å². The van der Waals surface area contributed by atoms with Crippen LogP contribution in [-0.4, -0.2) is 8.32 Å². The molecule has 0 aliphatic heterocycles. The van der Waals surface area contributed by atoms with E-state index in [1.54, 1.807) is 0 Å². The van der Waals surface area contributed by atoms with Gasteiger partial charge in [0.2, 0.25) is 0 Å². The molecule has 1 aromatic carbocycles. The molecular weight excluding hydrogens is 404 g/mol. The number of unbranched alkanes of at least 4 members (excludes halogenated alkanes) is 15. The summed E-state index contributed by atoms with van der Waals surface area (Å²) in [6.45, 7) is 6.94. The van der Waals surface area contributed by atoms with Gasteiger partial charge in [0, 0.05) is 0 Å². The molecule has 0 atom stereocenters. The van der Waals surface area contributed by atoms with E-state index in [4.69, 9.17) is 4.43 Å². The lowest BCUT2D eigenvalue weighted by Crippen LogP contribution is -2.41. The van der Waals surface area contributed by atoms with E-state index < -0.39 is 8.32 Å². The van der Waals surface area contributed by atoms with E-state index in [0.717, 1.165) is 5.75 Å². The van der Waals surface area contributed by atoms with Gasteiger partial charge in [-0.2, -0.15) is 0 Å². The fourth-order valence-corrected chi connectivity index (χ4v) is 9.32. The Labute approximate surface area is 203 Å². The lowest BCUT2D eigenvalue weighted by Gasteiger charge is -2.33. The van der Waals surface area contributed by atoms with Crippen LogP contribution >= 0.6 is 0 Å². The van der Waals surface area contributed by atoms with E-state index in [1.807, 2.05) is 0 Å². The molecule has 1 nitrogen and oxygen atoms in total. The third-order valence-corrected chi connectivity index (χ3v) is 11.5. The first kappa shape index (κ1) is 29.3. The average Bonchev–Trinajstić information content (AvgIpc) is 2.81. The molecule has 186 valence electrons. The summed E-state index contributed by atoms with van der Waals surface area (Å²) in [7, 11) is -1.74. The van der Waals surface area contributed by atoms with Crippen LogP contribution in [0.15, 0.2) is 30.3 Å². The van der Waals surface area contributed by atoms with Gasteiger partial charge in [0.05, 0.1) is 0 Å². The van der Waals surface area contributed by atoms with Crippen molar-refractivity contribution in [3.63, 3.8) is 0 Å². The lowest BCUT2D eigenvalue weighted by molar-refractivity contribution is 0.498. The van der Waals surface area contributed by atoms with E-state index in [0.29, 0.717) is 0 Å². The van der Waals surface area contributed by atoms with Crippen molar-refractivity contribution in [2.75, 3.05) is 0 Å². The van der Waals surface area contributed by atoms with Crippen LogP contribution in [0.5, 0.6) is 5.75 Å². The van der Waals surface area contributed by atoms with Crippen molar-refractivity contribution in [3.05, 3.63) is 30.3 Å². The number of hydrogen-bond donors (Lipinski definition) is 0. The van der Waals surface area contributed by atoms with Crippen LogP contribution in [0.2, 0.25) is 18.1 Å². The molecular formula is C30H56OSi. The van der Waals surface area contributed by atoms with Crippen LogP contribution in [0.3, 0.4) is 0 Å². The minimum atomic E-state index is -1.74. The summed E-state index contributed by atoms with van der Waals surface area (Å²) in [5, 5.41) is 0. The van der Waals surface area contributed by atoms with E-state index in [-0.39, 0.29) is 0 Å². The third-order valence-electron chi connectivity index (χ3n) is 7.04. The largest absolute Gasteiger partial charge is 0.543 e. The Kier molecular flexibility index (Phi) is 19.0. The Morgan fingerprint density at radius 3 is 1.19 bits per heavy atom. The second kappa shape index (κ2) is 20.8. The van der Waals surface area contributed by atoms with E-state index in [9.17, 15) is 0 Å². The van der Waals surface area contributed by atoms with Crippen LogP contribution < -0.4 is 4.43 Å². The van der Waals surface area contributed by atoms with E-state index in [2.05, 4.69) is 51.1 Å². The fraction of sp³-hybridized carbons (Fsp3) is 0.800. The molecule has 0 N–H and O–H groups in total. The maximum absolute atomic E-state index is 7.02. The van der Waals surface area contributed by atoms with Gasteiger partial charge in [0.1, 0.15) is 5.75 Å². The number of benzene rings is 1. The fourth-order valence-electron chi connectivity index (χ4n) is 4.95. The van der Waals surface area contributed by atoms with Gasteiger partial charge in [-0.1, -0.05) is 155 Å². The molecule has 1 aromatic rings. The minimum Gasteiger partial charge on any atom is -0.543 e. The Hall–Kier alpha value is -0.763. The summed E-state index contributed by atoms with van der Waals surface area (Å²) in [6, 6.07) is 14.9. The predicted molar refractivity (Wildman–Crippen MR) is 147 cm³/mol. The second-order valence-corrected chi connectivity index (χ2v) is 14.2. The molecule has 0 spiro atoms. The molecule has 2 heteroatoms. The Morgan fingerprint density at radius 1 is 0.469 bits per heavy atom. The summed E-state index contributed by atoms with van der Waals surface area (Å²) in [5.41, 5.74) is 0. The van der Waals surface area contributed by atoms with Gasteiger partial charge in [0.25, 0.3) is 8.32 Å². The molecule has 0 aliphatic rings. The Morgan fingerprint density at radius 2 is 0.812 bits per heavy atom. The van der Waals surface area contributed by atoms with Crippen molar-refractivity contribution in [1.82, 2.24) is 0 Å². The smallest absolute Gasteiger partial charge is 0.251 e. The summed E-state index contributed by atoms with van der Waals surface area (Å²) in [6.07, 6.45) is 25.1. The first-order valence-corrected chi connectivity index (χ1v) is 17.0. The number of para-hydroxylation sites is 1. The normalized spacial score (nSPS) is 11.7. The van der Waals surface area contributed by atoms with Crippen molar-refractivity contribution >= 4 is 8.32 Å². The third kappa shape index (κ3) is 15.1. The van der Waals surface area contributed by atoms with Crippen molar-refractivity contribution in [2.45, 2.75) is 154 Å². The molecule has 0 bridgehead atoms. The molecule has 0 amide bonds. The molecule has 0 saturated heterocycles. The van der Waals surface area contributed by atoms with Crippen molar-refractivity contribution < 1.29 is 4.43 Å². The first-order chi connectivity index (χ1) is 15.8. The molecule has 0 heterocycles. The summed E-state index contributed by atoms with van der Waals surface area (Å²) in [5.74, 6) is 1.14. The SMILES string of the molecule is CCCCCCCC[Si](CCCCCCCC)(CCCCCCCC)Oc1ccccc1. The van der Waals surface area contributed by atoms with Crippen LogP contribution in [0.4, 0.5) is 0 Å². The Bertz CT molecular complexity index is 460. The quantitative estimate of drug-likeness (QED) is 0.116. The molecule has 0 unspecified atom stereocenters. The van der Waals surface area contributed by atoms with Gasteiger partial charge < -0.3 is 4.43 Å². The van der Waals surface area contributed by atoms with Crippen LogP contribution in [0, 0.1) is 0 Å². The van der Waals surface area contributed by atoms with Gasteiger partial charge in [-0.15, -0.1) is 0 Å². The molecule has 0 saturated carbocycles. The van der Waals surface area contributed by atoms with Gasteiger partial charge >= 0.3 is 0 Å². The summed E-state index contributed by atoms with van der Waals surface area (Å²) >= 11 is 0. The maximum Gasteiger partial charge on any atom is 0.251 e. The highest BCUT2D eigenvalue weighted by Crippen LogP contribution is 2.32. The highest BCUT2D eigenvalue weighted by atomic mass is 28.4. The van der Waals surface area contributed by atoms with Crippen LogP contribution in [-0.2, 0) is 0 Å². The molecule has 0 fully saturated rings. The van der Waals surface area contributed by atoms with E-state index >= 15 is 0 Å². The van der Waals surface area contributed by atoms with Gasteiger partial charge in [-0.25, -0.2) is 0 Å². The second-order valence-electron chi connectivity index (χ2n) is 10.2. The minimum absolute atomic E-state index is 1.14. The topological polar surface area (TPSA) is 9.23 Å². The van der Waals surface area contributed by atoms with Crippen LogP contribution in [0.1, 0.15) is 136 Å². The average molecular weight is 461 g/mol. The zero-order chi connectivity index (χ0) is 23.2. The van der Waals surface area contributed by atoms with Crippen molar-refractivity contribution in [2.24, 2.45) is 0 Å². The van der Waals surface area contributed by atoms with Gasteiger partial charge in [-0.3, -0.25) is 0 Å². The molecule has 0 radical (unpaired) electrons. The van der Waals surface area contributed by atoms with Gasteiger partial charge in [-0.05, 0) is 30.3 Å². The van der Waals surface area contributed by atoms with E-state index in [1.165, 1.54) is 134 Å². The molecule has 0 aromatic heterocycles. The highest BCUT2D eigenvalue weighted by molar-refractivity contribution is 6.74. The highest BCUT2D eigenvalue weighted by Gasteiger charge is 2.35. The first-order valence-electron chi connectivity index (χ1n) is 14.5. The molecule has 1 rings (SSSR count). The standard InChI is InChI=1S/C30H56OSi/c1-4-7-10-13-16-22-27-32(28-23-17-14-11-8-5-2,29-24-18-15-12-9-6-3)31-30-25-20-19-21-26-30/h19-21,25-26H,4-18,22-24,27-29H2,1-3H3. The zero-order valence-corrected chi connectivity index (χ0v) is 23.1. The summed E-state index contributed by atoms with van der Waals surface area (Å²) < 4.78 is 7.02.